The minimum Gasteiger partial charge on any atom is -0.478 e. The van der Waals surface area contributed by atoms with Crippen LogP contribution in [0.5, 0.6) is 11.5 Å². The quantitative estimate of drug-likeness (QED) is 0.623. The van der Waals surface area contributed by atoms with Crippen molar-refractivity contribution in [2.45, 2.75) is 5.72 Å². The van der Waals surface area contributed by atoms with Gasteiger partial charge in [0.2, 0.25) is 0 Å². The van der Waals surface area contributed by atoms with Gasteiger partial charge in [-0.2, -0.15) is 0 Å². The van der Waals surface area contributed by atoms with Gasteiger partial charge in [0.1, 0.15) is 0 Å². The average Bonchev–Trinajstić information content (AvgIpc) is 2.27. The lowest BCUT2D eigenvalue weighted by molar-refractivity contribution is -0.623. The molecule has 0 aromatic heterocycles. The van der Waals surface area contributed by atoms with E-state index in [0.717, 1.165) is 0 Å². The first-order valence-corrected chi connectivity index (χ1v) is 4.82. The number of fused-ring (bicyclic) bond motifs is 1. The maximum atomic E-state index is 10.8. The van der Waals surface area contributed by atoms with E-state index in [1.165, 1.54) is 6.07 Å². The van der Waals surface area contributed by atoms with Crippen molar-refractivity contribution in [3.05, 3.63) is 33.3 Å². The molecule has 1 unspecified atom stereocenters. The summed E-state index contributed by atoms with van der Waals surface area (Å²) in [5.41, 5.74) is -1.95. The summed E-state index contributed by atoms with van der Waals surface area (Å²) in [5, 5.41) is 20.2. The molecular formula is C9H8ClNO5. The molecule has 7 heteroatoms. The predicted molar refractivity (Wildman–Crippen MR) is 54.4 cm³/mol. The second-order valence-corrected chi connectivity index (χ2v) is 3.78. The van der Waals surface area contributed by atoms with Crippen molar-refractivity contribution < 1.29 is 19.5 Å². The molecule has 2 rings (SSSR count). The first-order valence-electron chi connectivity index (χ1n) is 4.44. The molecule has 0 radical (unpaired) electrons. The van der Waals surface area contributed by atoms with E-state index in [2.05, 4.69) is 0 Å². The molecule has 16 heavy (non-hydrogen) atoms. The first-order chi connectivity index (χ1) is 7.57. The number of aliphatic hydroxyl groups excluding tert-OH is 1. The van der Waals surface area contributed by atoms with Crippen LogP contribution in [0.1, 0.15) is 0 Å². The number of ether oxygens (including phenoxy) is 2. The first kappa shape index (κ1) is 11.0. The fraction of sp³-hybridized carbons (Fsp3) is 0.333. The Hall–Kier alpha value is -1.53. The molecule has 0 aliphatic carbocycles. The van der Waals surface area contributed by atoms with Crippen LogP contribution in [0.15, 0.2) is 18.2 Å². The standard InChI is InChI=1S/C9H8ClNO5/c10-6-1-2-7-8(3-6)16-9(4-12,5-15-7)11(13)14/h1-3,12H,4-5H2. The zero-order chi connectivity index (χ0) is 11.8. The summed E-state index contributed by atoms with van der Waals surface area (Å²) >= 11 is 5.72. The topological polar surface area (TPSA) is 81.8 Å². The third kappa shape index (κ3) is 1.66. The summed E-state index contributed by atoms with van der Waals surface area (Å²) < 4.78 is 10.3. The maximum Gasteiger partial charge on any atom is 0.420 e. The average molecular weight is 246 g/mol. The van der Waals surface area contributed by atoms with Crippen molar-refractivity contribution in [3.8, 4) is 11.5 Å². The van der Waals surface area contributed by atoms with E-state index >= 15 is 0 Å². The van der Waals surface area contributed by atoms with Gasteiger partial charge >= 0.3 is 5.72 Å². The highest BCUT2D eigenvalue weighted by Gasteiger charge is 2.49. The summed E-state index contributed by atoms with van der Waals surface area (Å²) in [6.07, 6.45) is 0. The van der Waals surface area contributed by atoms with E-state index in [-0.39, 0.29) is 12.4 Å². The lowest BCUT2D eigenvalue weighted by Gasteiger charge is -2.29. The fourth-order valence-corrected chi connectivity index (χ4v) is 1.49. The number of rotatable bonds is 2. The van der Waals surface area contributed by atoms with Crippen molar-refractivity contribution in [1.82, 2.24) is 0 Å². The van der Waals surface area contributed by atoms with E-state index in [0.29, 0.717) is 10.8 Å². The van der Waals surface area contributed by atoms with E-state index in [1.54, 1.807) is 12.1 Å². The molecule has 1 N–H and O–H groups in total. The van der Waals surface area contributed by atoms with Gasteiger partial charge in [-0.05, 0) is 12.1 Å². The van der Waals surface area contributed by atoms with Crippen LogP contribution < -0.4 is 9.47 Å². The Morgan fingerprint density at radius 1 is 1.56 bits per heavy atom. The SMILES string of the molecule is O=[N+]([O-])C1(CO)COc2ccc(Cl)cc2O1. The Morgan fingerprint density at radius 2 is 2.31 bits per heavy atom. The van der Waals surface area contributed by atoms with Gasteiger partial charge in [0.15, 0.2) is 24.7 Å². The van der Waals surface area contributed by atoms with Crippen LogP contribution in [-0.2, 0) is 0 Å². The van der Waals surface area contributed by atoms with Crippen molar-refractivity contribution in [2.75, 3.05) is 13.2 Å². The molecule has 0 saturated heterocycles. The fourth-order valence-electron chi connectivity index (χ4n) is 1.33. The van der Waals surface area contributed by atoms with Crippen molar-refractivity contribution >= 4 is 11.6 Å². The number of nitrogens with zero attached hydrogens (tertiary/aromatic N) is 1. The number of aliphatic hydroxyl groups is 1. The van der Waals surface area contributed by atoms with E-state index in [4.69, 9.17) is 26.2 Å². The molecule has 0 fully saturated rings. The number of benzene rings is 1. The predicted octanol–water partition coefficient (Wildman–Crippen LogP) is 1.08. The van der Waals surface area contributed by atoms with Crippen molar-refractivity contribution in [2.24, 2.45) is 0 Å². The third-order valence-corrected chi connectivity index (χ3v) is 2.47. The third-order valence-electron chi connectivity index (χ3n) is 2.24. The van der Waals surface area contributed by atoms with Crippen LogP contribution in [-0.4, -0.2) is 29.0 Å². The Kier molecular flexibility index (Phi) is 2.61. The maximum absolute atomic E-state index is 10.8. The number of hydrogen-bond donors (Lipinski definition) is 1. The van der Waals surface area contributed by atoms with Gasteiger partial charge in [-0.15, -0.1) is 0 Å². The van der Waals surface area contributed by atoms with Crippen LogP contribution in [0.4, 0.5) is 0 Å². The molecule has 1 heterocycles. The molecular weight excluding hydrogens is 238 g/mol. The summed E-state index contributed by atoms with van der Waals surface area (Å²) in [5.74, 6) is 0.528. The Bertz CT molecular complexity index is 438. The monoisotopic (exact) mass is 245 g/mol. The minimum atomic E-state index is -1.95. The smallest absolute Gasteiger partial charge is 0.420 e. The Balaban J connectivity index is 2.38. The van der Waals surface area contributed by atoms with Gasteiger partial charge in [0.25, 0.3) is 0 Å². The van der Waals surface area contributed by atoms with Gasteiger partial charge in [0.05, 0.1) is 4.92 Å². The molecule has 0 spiro atoms. The van der Waals surface area contributed by atoms with E-state index in [9.17, 15) is 10.1 Å². The molecule has 1 aliphatic rings. The molecule has 1 atom stereocenters. The zero-order valence-electron chi connectivity index (χ0n) is 8.05. The largest absolute Gasteiger partial charge is 0.478 e. The highest BCUT2D eigenvalue weighted by Crippen LogP contribution is 2.37. The summed E-state index contributed by atoms with van der Waals surface area (Å²) in [4.78, 5) is 10.1. The summed E-state index contributed by atoms with van der Waals surface area (Å²) in [6.45, 7) is -1.11. The van der Waals surface area contributed by atoms with E-state index in [1.807, 2.05) is 0 Å². The van der Waals surface area contributed by atoms with Gasteiger partial charge in [-0.25, -0.2) is 0 Å². The van der Waals surface area contributed by atoms with Crippen LogP contribution >= 0.6 is 11.6 Å². The number of hydrogen-bond acceptors (Lipinski definition) is 5. The minimum absolute atomic E-state index is 0.157. The lowest BCUT2D eigenvalue weighted by atomic mass is 10.2. The molecule has 6 nitrogen and oxygen atoms in total. The van der Waals surface area contributed by atoms with Gasteiger partial charge in [0, 0.05) is 11.1 Å². The van der Waals surface area contributed by atoms with Crippen molar-refractivity contribution in [3.63, 3.8) is 0 Å². The molecule has 86 valence electrons. The molecule has 0 saturated carbocycles. The second-order valence-electron chi connectivity index (χ2n) is 3.34. The second kappa shape index (κ2) is 3.80. The summed E-state index contributed by atoms with van der Waals surface area (Å²) in [6, 6.07) is 4.55. The van der Waals surface area contributed by atoms with Gasteiger partial charge in [-0.1, -0.05) is 11.6 Å². The van der Waals surface area contributed by atoms with E-state index < -0.39 is 17.3 Å². The highest BCUT2D eigenvalue weighted by molar-refractivity contribution is 6.30. The zero-order valence-corrected chi connectivity index (χ0v) is 8.81. The van der Waals surface area contributed by atoms with Gasteiger partial charge in [-0.3, -0.25) is 10.1 Å². The summed E-state index contributed by atoms with van der Waals surface area (Å²) in [7, 11) is 0. The van der Waals surface area contributed by atoms with Crippen LogP contribution in [0.2, 0.25) is 5.02 Å². The molecule has 1 aromatic rings. The van der Waals surface area contributed by atoms with Crippen LogP contribution in [0.25, 0.3) is 0 Å². The molecule has 1 aromatic carbocycles. The molecule has 0 amide bonds. The van der Waals surface area contributed by atoms with Crippen LogP contribution in [0, 0.1) is 10.1 Å². The lowest BCUT2D eigenvalue weighted by Crippen LogP contribution is -2.54. The number of nitro groups is 1. The molecule has 0 bridgehead atoms. The highest BCUT2D eigenvalue weighted by atomic mass is 35.5. The molecule has 1 aliphatic heterocycles. The Labute approximate surface area is 95.5 Å². The van der Waals surface area contributed by atoms with Gasteiger partial charge < -0.3 is 14.6 Å². The Morgan fingerprint density at radius 3 is 2.94 bits per heavy atom. The van der Waals surface area contributed by atoms with Crippen LogP contribution in [0.3, 0.4) is 0 Å². The number of halogens is 1. The normalized spacial score (nSPS) is 22.9. The van der Waals surface area contributed by atoms with Crippen molar-refractivity contribution in [1.29, 1.82) is 0 Å².